The van der Waals surface area contributed by atoms with Crippen LogP contribution in [0.4, 0.5) is 0 Å². The van der Waals surface area contributed by atoms with Gasteiger partial charge in [-0.2, -0.15) is 0 Å². The molecule has 0 heterocycles. The molecule has 74 valence electrons. The zero-order valence-electron chi connectivity index (χ0n) is 6.66. The van der Waals surface area contributed by atoms with Gasteiger partial charge in [0.05, 0.1) is 0 Å². The molecule has 0 aromatic carbocycles. The Morgan fingerprint density at radius 2 is 1.18 bits per heavy atom. The lowest BCUT2D eigenvalue weighted by Gasteiger charge is -2.12. The predicted molar refractivity (Wildman–Crippen MR) is 57.3 cm³/mol. The predicted octanol–water partition coefficient (Wildman–Crippen LogP) is 0.101. The van der Waals surface area contributed by atoms with E-state index in [1.807, 2.05) is 7.05 Å². The van der Waals surface area contributed by atoms with Crippen LogP contribution in [-0.4, -0.2) is 38.1 Å². The van der Waals surface area contributed by atoms with Crippen LogP contribution in [0.3, 0.4) is 0 Å². The van der Waals surface area contributed by atoms with Crippen LogP contribution < -0.4 is 11.5 Å². The molecule has 0 spiro atoms. The number of nitrogens with two attached hydrogens (primary N) is 2. The number of rotatable bonds is 4. The zero-order chi connectivity index (χ0) is 6.41. The average molecular weight is 227 g/mol. The summed E-state index contributed by atoms with van der Waals surface area (Å²) in [5, 5.41) is 0. The lowest BCUT2D eigenvalue weighted by molar-refractivity contribution is 0.353. The van der Waals surface area contributed by atoms with Gasteiger partial charge in [-0.1, -0.05) is 0 Å². The molecular weight excluding hydrogens is 208 g/mol. The highest BCUT2D eigenvalue weighted by atomic mass is 35.5. The summed E-state index contributed by atoms with van der Waals surface area (Å²) in [5.74, 6) is 0. The molecule has 4 N–H and O–H groups in total. The Morgan fingerprint density at radius 3 is 1.36 bits per heavy atom. The Balaban J connectivity index is -0.0000000817. The largest absolute Gasteiger partial charge is 0.329 e. The third-order valence-corrected chi connectivity index (χ3v) is 1.02. The van der Waals surface area contributed by atoms with Crippen LogP contribution in [-0.2, 0) is 0 Å². The van der Waals surface area contributed by atoms with E-state index in [2.05, 4.69) is 4.90 Å². The molecule has 0 aromatic rings. The molecule has 0 aliphatic heterocycles. The van der Waals surface area contributed by atoms with Gasteiger partial charge in [-0.25, -0.2) is 0 Å². The van der Waals surface area contributed by atoms with E-state index >= 15 is 0 Å². The Bertz CT molecular complexity index is 50.2. The summed E-state index contributed by atoms with van der Waals surface area (Å²) < 4.78 is 0. The van der Waals surface area contributed by atoms with Crippen molar-refractivity contribution < 1.29 is 0 Å². The molecule has 0 amide bonds. The molecule has 0 aliphatic rings. The van der Waals surface area contributed by atoms with E-state index in [4.69, 9.17) is 11.5 Å². The molecule has 0 saturated carbocycles. The summed E-state index contributed by atoms with van der Waals surface area (Å²) in [6.45, 7) is 3.32. The summed E-state index contributed by atoms with van der Waals surface area (Å²) >= 11 is 0. The van der Waals surface area contributed by atoms with Crippen molar-refractivity contribution >= 4 is 37.2 Å². The van der Waals surface area contributed by atoms with Gasteiger partial charge in [0.15, 0.2) is 0 Å². The Kier molecular flexibility index (Phi) is 35.0. The Morgan fingerprint density at radius 1 is 0.909 bits per heavy atom. The van der Waals surface area contributed by atoms with E-state index in [0.29, 0.717) is 0 Å². The first-order chi connectivity index (χ1) is 3.81. The summed E-state index contributed by atoms with van der Waals surface area (Å²) in [5.41, 5.74) is 10.6. The molecule has 0 atom stereocenters. The van der Waals surface area contributed by atoms with E-state index < -0.39 is 0 Å². The summed E-state index contributed by atoms with van der Waals surface area (Å²) in [7, 11) is 2.01. The highest BCUT2D eigenvalue weighted by molar-refractivity contribution is 5.86. The van der Waals surface area contributed by atoms with Crippen molar-refractivity contribution in [2.24, 2.45) is 11.5 Å². The van der Waals surface area contributed by atoms with Crippen molar-refractivity contribution in [2.75, 3.05) is 33.2 Å². The molecule has 0 saturated heterocycles. The van der Waals surface area contributed by atoms with Gasteiger partial charge < -0.3 is 16.4 Å². The van der Waals surface area contributed by atoms with Crippen molar-refractivity contribution in [3.8, 4) is 0 Å². The molecule has 0 fully saturated rings. The fourth-order valence-corrected chi connectivity index (χ4v) is 0.553. The average Bonchev–Trinajstić information content (AvgIpc) is 1.68. The minimum Gasteiger partial charge on any atom is -0.329 e. The lowest BCUT2D eigenvalue weighted by atomic mass is 10.5. The highest BCUT2D eigenvalue weighted by Gasteiger charge is 1.90. The SMILES string of the molecule is CN(CCN)CCN.Cl.Cl.Cl. The monoisotopic (exact) mass is 225 g/mol. The zero-order valence-corrected chi connectivity index (χ0v) is 9.10. The van der Waals surface area contributed by atoms with E-state index in [-0.39, 0.29) is 37.2 Å². The third-order valence-electron chi connectivity index (χ3n) is 1.02. The maximum Gasteiger partial charge on any atom is 0.0102 e. The first-order valence-electron chi connectivity index (χ1n) is 2.90. The van der Waals surface area contributed by atoms with Crippen molar-refractivity contribution in [3.05, 3.63) is 0 Å². The number of hydrogen-bond acceptors (Lipinski definition) is 3. The molecule has 0 rings (SSSR count). The van der Waals surface area contributed by atoms with Crippen LogP contribution in [0.2, 0.25) is 0 Å². The maximum atomic E-state index is 5.28. The van der Waals surface area contributed by atoms with Gasteiger partial charge in [-0.05, 0) is 7.05 Å². The number of halogens is 3. The van der Waals surface area contributed by atoms with Gasteiger partial charge in [-0.15, -0.1) is 37.2 Å². The van der Waals surface area contributed by atoms with E-state index in [0.717, 1.165) is 26.2 Å². The Labute approximate surface area is 87.1 Å². The van der Waals surface area contributed by atoms with Crippen LogP contribution in [0.25, 0.3) is 0 Å². The normalized spacial score (nSPS) is 7.64. The number of likely N-dealkylation sites (N-methyl/N-ethyl adjacent to an activating group) is 1. The maximum absolute atomic E-state index is 5.28. The molecular formula is C5H18Cl3N3. The Hall–Kier alpha value is 0.750. The van der Waals surface area contributed by atoms with E-state index in [9.17, 15) is 0 Å². The topological polar surface area (TPSA) is 55.3 Å². The lowest BCUT2D eigenvalue weighted by Crippen LogP contribution is -2.30. The molecule has 3 nitrogen and oxygen atoms in total. The second-order valence-electron chi connectivity index (χ2n) is 1.88. The van der Waals surface area contributed by atoms with Gasteiger partial charge in [0.25, 0.3) is 0 Å². The van der Waals surface area contributed by atoms with Crippen LogP contribution >= 0.6 is 37.2 Å². The first kappa shape index (κ1) is 22.6. The van der Waals surface area contributed by atoms with Gasteiger partial charge in [0.1, 0.15) is 0 Å². The minimum atomic E-state index is 0. The van der Waals surface area contributed by atoms with Gasteiger partial charge in [-0.3, -0.25) is 0 Å². The summed E-state index contributed by atoms with van der Waals surface area (Å²) in [4.78, 5) is 2.11. The van der Waals surface area contributed by atoms with Crippen LogP contribution in [0.5, 0.6) is 0 Å². The third kappa shape index (κ3) is 18.1. The fourth-order valence-electron chi connectivity index (χ4n) is 0.553. The first-order valence-corrected chi connectivity index (χ1v) is 2.90. The number of hydrogen-bond donors (Lipinski definition) is 2. The molecule has 0 radical (unpaired) electrons. The molecule has 0 bridgehead atoms. The molecule has 0 aliphatic carbocycles. The van der Waals surface area contributed by atoms with Gasteiger partial charge in [0, 0.05) is 26.2 Å². The molecule has 11 heavy (non-hydrogen) atoms. The standard InChI is InChI=1S/C5H15N3.3ClH/c1-8(4-2-6)5-3-7;;;/h2-7H2,1H3;3*1H. The summed E-state index contributed by atoms with van der Waals surface area (Å²) in [6, 6.07) is 0. The second kappa shape index (κ2) is 17.0. The van der Waals surface area contributed by atoms with Gasteiger partial charge >= 0.3 is 0 Å². The molecule has 6 heteroatoms. The van der Waals surface area contributed by atoms with Crippen molar-refractivity contribution in [1.82, 2.24) is 4.90 Å². The number of nitrogens with zero attached hydrogens (tertiary/aromatic N) is 1. The molecule has 0 aromatic heterocycles. The van der Waals surface area contributed by atoms with Crippen molar-refractivity contribution in [2.45, 2.75) is 0 Å². The van der Waals surface area contributed by atoms with Crippen molar-refractivity contribution in [3.63, 3.8) is 0 Å². The van der Waals surface area contributed by atoms with Crippen LogP contribution in [0, 0.1) is 0 Å². The highest BCUT2D eigenvalue weighted by Crippen LogP contribution is 1.74. The van der Waals surface area contributed by atoms with Crippen LogP contribution in [0.1, 0.15) is 0 Å². The van der Waals surface area contributed by atoms with Crippen LogP contribution in [0.15, 0.2) is 0 Å². The van der Waals surface area contributed by atoms with E-state index in [1.54, 1.807) is 0 Å². The summed E-state index contributed by atoms with van der Waals surface area (Å²) in [6.07, 6.45) is 0. The smallest absolute Gasteiger partial charge is 0.0102 e. The second-order valence-corrected chi connectivity index (χ2v) is 1.88. The van der Waals surface area contributed by atoms with E-state index in [1.165, 1.54) is 0 Å². The quantitative estimate of drug-likeness (QED) is 0.715. The minimum absolute atomic E-state index is 0. The fraction of sp³-hybridized carbons (Fsp3) is 1.00. The van der Waals surface area contributed by atoms with Crippen molar-refractivity contribution in [1.29, 1.82) is 0 Å². The molecule has 0 unspecified atom stereocenters. The van der Waals surface area contributed by atoms with Gasteiger partial charge in [0.2, 0.25) is 0 Å².